The third-order valence-electron chi connectivity index (χ3n) is 3.06. The average Bonchev–Trinajstić information content (AvgIpc) is 2.50. The predicted molar refractivity (Wildman–Crippen MR) is 79.2 cm³/mol. The van der Waals surface area contributed by atoms with Crippen LogP contribution >= 0.6 is 0 Å². The van der Waals surface area contributed by atoms with Crippen molar-refractivity contribution < 1.29 is 9.47 Å². The van der Waals surface area contributed by atoms with Gasteiger partial charge in [-0.1, -0.05) is 24.3 Å². The number of nitrogens with zero attached hydrogens (tertiary/aromatic N) is 1. The molecule has 0 spiro atoms. The summed E-state index contributed by atoms with van der Waals surface area (Å²) in [6.45, 7) is 0. The van der Waals surface area contributed by atoms with Gasteiger partial charge in [0.15, 0.2) is 11.5 Å². The Morgan fingerprint density at radius 1 is 0.900 bits per heavy atom. The lowest BCUT2D eigenvalue weighted by Gasteiger charge is -2.12. The number of benzene rings is 2. The molecule has 0 amide bonds. The molecule has 0 aliphatic heterocycles. The van der Waals surface area contributed by atoms with Crippen LogP contribution in [0.1, 0.15) is 0 Å². The summed E-state index contributed by atoms with van der Waals surface area (Å²) in [6, 6.07) is 15.1. The highest BCUT2D eigenvalue weighted by Crippen LogP contribution is 2.36. The number of fused-ring (bicyclic) bond motifs is 1. The molecule has 100 valence electrons. The molecule has 3 aromatic rings. The van der Waals surface area contributed by atoms with Gasteiger partial charge in [0.05, 0.1) is 7.11 Å². The van der Waals surface area contributed by atoms with Crippen molar-refractivity contribution in [2.45, 2.75) is 0 Å². The third kappa shape index (κ3) is 2.12. The number of nitrogens with two attached hydrogens (primary N) is 1. The molecule has 1 aromatic heterocycles. The molecule has 2 N–H and O–H groups in total. The summed E-state index contributed by atoms with van der Waals surface area (Å²) in [4.78, 5) is 4.35. The normalized spacial score (nSPS) is 10.4. The van der Waals surface area contributed by atoms with Gasteiger partial charge in [-0.05, 0) is 24.3 Å². The summed E-state index contributed by atoms with van der Waals surface area (Å²) >= 11 is 0. The number of anilines is 1. The van der Waals surface area contributed by atoms with Crippen molar-refractivity contribution in [2.24, 2.45) is 0 Å². The van der Waals surface area contributed by atoms with E-state index in [-0.39, 0.29) is 0 Å². The molecule has 0 aliphatic rings. The lowest BCUT2D eigenvalue weighted by atomic mass is 10.2. The largest absolute Gasteiger partial charge is 0.494 e. The Balaban J connectivity index is 2.06. The lowest BCUT2D eigenvalue weighted by molar-refractivity contribution is 0.412. The number of aromatic nitrogens is 1. The van der Waals surface area contributed by atoms with E-state index >= 15 is 0 Å². The summed E-state index contributed by atoms with van der Waals surface area (Å²) < 4.78 is 11.1. The number of pyridine rings is 1. The second kappa shape index (κ2) is 5.09. The van der Waals surface area contributed by atoms with Gasteiger partial charge in [-0.25, -0.2) is 0 Å². The second-order valence-electron chi connectivity index (χ2n) is 4.31. The first-order valence-electron chi connectivity index (χ1n) is 6.23. The third-order valence-corrected chi connectivity index (χ3v) is 3.06. The maximum Gasteiger partial charge on any atom is 0.154 e. The fourth-order valence-corrected chi connectivity index (χ4v) is 2.07. The highest BCUT2D eigenvalue weighted by atomic mass is 16.5. The van der Waals surface area contributed by atoms with Crippen molar-refractivity contribution in [3.8, 4) is 17.2 Å². The molecule has 0 bridgehead atoms. The number of para-hydroxylation sites is 2. The Kier molecular flexibility index (Phi) is 3.13. The van der Waals surface area contributed by atoms with Crippen molar-refractivity contribution in [2.75, 3.05) is 12.8 Å². The van der Waals surface area contributed by atoms with Crippen molar-refractivity contribution in [3.63, 3.8) is 0 Å². The number of hydrogen-bond acceptors (Lipinski definition) is 4. The molecule has 20 heavy (non-hydrogen) atoms. The van der Waals surface area contributed by atoms with E-state index in [2.05, 4.69) is 4.98 Å². The molecule has 0 saturated carbocycles. The zero-order valence-electron chi connectivity index (χ0n) is 11.0. The molecular formula is C16H14N2O2. The van der Waals surface area contributed by atoms with Crippen LogP contribution in [-0.2, 0) is 0 Å². The van der Waals surface area contributed by atoms with Crippen LogP contribution in [0.4, 0.5) is 5.69 Å². The molecule has 0 radical (unpaired) electrons. The molecule has 2 aromatic carbocycles. The van der Waals surface area contributed by atoms with Crippen LogP contribution in [0.2, 0.25) is 0 Å². The van der Waals surface area contributed by atoms with Gasteiger partial charge in [0.1, 0.15) is 17.0 Å². The minimum Gasteiger partial charge on any atom is -0.494 e. The van der Waals surface area contributed by atoms with E-state index in [9.17, 15) is 0 Å². The van der Waals surface area contributed by atoms with Gasteiger partial charge < -0.3 is 15.2 Å². The number of rotatable bonds is 3. The van der Waals surface area contributed by atoms with Gasteiger partial charge in [-0.2, -0.15) is 0 Å². The number of methoxy groups -OCH3 is 1. The van der Waals surface area contributed by atoms with Crippen LogP contribution < -0.4 is 15.2 Å². The van der Waals surface area contributed by atoms with Crippen LogP contribution in [0.5, 0.6) is 17.2 Å². The fourth-order valence-electron chi connectivity index (χ4n) is 2.07. The van der Waals surface area contributed by atoms with Gasteiger partial charge >= 0.3 is 0 Å². The van der Waals surface area contributed by atoms with Gasteiger partial charge in [0.25, 0.3) is 0 Å². The Morgan fingerprint density at radius 3 is 2.45 bits per heavy atom. The van der Waals surface area contributed by atoms with Crippen LogP contribution in [0.3, 0.4) is 0 Å². The maximum absolute atomic E-state index is 6.02. The van der Waals surface area contributed by atoms with Gasteiger partial charge in [0.2, 0.25) is 0 Å². The van der Waals surface area contributed by atoms with Crippen LogP contribution in [0.25, 0.3) is 10.9 Å². The zero-order valence-corrected chi connectivity index (χ0v) is 11.0. The molecule has 0 unspecified atom stereocenters. The Hall–Kier alpha value is -2.75. The Labute approximate surface area is 116 Å². The lowest BCUT2D eigenvalue weighted by Crippen LogP contribution is -1.96. The molecule has 0 aliphatic carbocycles. The van der Waals surface area contributed by atoms with E-state index in [1.54, 1.807) is 25.4 Å². The first-order valence-corrected chi connectivity index (χ1v) is 6.23. The van der Waals surface area contributed by atoms with E-state index < -0.39 is 0 Å². The SMILES string of the molecule is COc1cccc(Oc2cccc3cccnc23)c1N. The quantitative estimate of drug-likeness (QED) is 0.736. The van der Waals surface area contributed by atoms with E-state index in [1.165, 1.54) is 0 Å². The monoisotopic (exact) mass is 266 g/mol. The Morgan fingerprint density at radius 2 is 1.60 bits per heavy atom. The molecule has 1 heterocycles. The standard InChI is InChI=1S/C16H14N2O2/c1-19-12-7-3-8-13(15(12)17)20-14-9-2-5-11-6-4-10-18-16(11)14/h2-10H,17H2,1H3. The molecule has 4 nitrogen and oxygen atoms in total. The first kappa shape index (κ1) is 12.3. The minimum atomic E-state index is 0.475. The molecule has 4 heteroatoms. The molecule has 0 fully saturated rings. The number of nitrogen functional groups attached to an aromatic ring is 1. The maximum atomic E-state index is 6.02. The van der Waals surface area contributed by atoms with Crippen LogP contribution in [0.15, 0.2) is 54.7 Å². The predicted octanol–water partition coefficient (Wildman–Crippen LogP) is 3.62. The van der Waals surface area contributed by atoms with Crippen LogP contribution in [0, 0.1) is 0 Å². The van der Waals surface area contributed by atoms with E-state index in [4.69, 9.17) is 15.2 Å². The van der Waals surface area contributed by atoms with E-state index in [1.807, 2.05) is 36.4 Å². The van der Waals surface area contributed by atoms with Crippen molar-refractivity contribution >= 4 is 16.6 Å². The molecule has 3 rings (SSSR count). The van der Waals surface area contributed by atoms with Crippen molar-refractivity contribution in [1.82, 2.24) is 4.98 Å². The Bertz CT molecular complexity index is 751. The second-order valence-corrected chi connectivity index (χ2v) is 4.31. The zero-order chi connectivity index (χ0) is 13.9. The van der Waals surface area contributed by atoms with E-state index in [0.29, 0.717) is 22.9 Å². The first-order chi connectivity index (χ1) is 9.79. The number of ether oxygens (including phenoxy) is 2. The van der Waals surface area contributed by atoms with Gasteiger partial charge in [-0.15, -0.1) is 0 Å². The summed E-state index contributed by atoms with van der Waals surface area (Å²) in [7, 11) is 1.58. The molecule has 0 atom stereocenters. The summed E-state index contributed by atoms with van der Waals surface area (Å²) in [5.74, 6) is 1.82. The van der Waals surface area contributed by atoms with E-state index in [0.717, 1.165) is 10.9 Å². The average molecular weight is 266 g/mol. The van der Waals surface area contributed by atoms with Gasteiger partial charge in [-0.3, -0.25) is 4.98 Å². The minimum absolute atomic E-state index is 0.475. The number of hydrogen-bond donors (Lipinski definition) is 1. The summed E-state index contributed by atoms with van der Waals surface area (Å²) in [5, 5.41) is 1.02. The highest BCUT2D eigenvalue weighted by molar-refractivity contribution is 5.84. The van der Waals surface area contributed by atoms with Crippen LogP contribution in [-0.4, -0.2) is 12.1 Å². The van der Waals surface area contributed by atoms with Crippen molar-refractivity contribution in [1.29, 1.82) is 0 Å². The van der Waals surface area contributed by atoms with Crippen molar-refractivity contribution in [3.05, 3.63) is 54.7 Å². The summed E-state index contributed by atoms with van der Waals surface area (Å²) in [5.41, 5.74) is 7.29. The van der Waals surface area contributed by atoms with Gasteiger partial charge in [0, 0.05) is 11.6 Å². The molecular weight excluding hydrogens is 252 g/mol. The highest BCUT2D eigenvalue weighted by Gasteiger charge is 2.09. The smallest absolute Gasteiger partial charge is 0.154 e. The topological polar surface area (TPSA) is 57.4 Å². The summed E-state index contributed by atoms with van der Waals surface area (Å²) in [6.07, 6.45) is 1.74. The fraction of sp³-hybridized carbons (Fsp3) is 0.0625. The molecule has 0 saturated heterocycles.